The number of aromatic nitrogens is 3. The van der Waals surface area contributed by atoms with Gasteiger partial charge in [-0.3, -0.25) is 19.8 Å². The van der Waals surface area contributed by atoms with Crippen molar-refractivity contribution < 1.29 is 9.90 Å². The monoisotopic (exact) mass is 207 g/mol. The molecule has 0 amide bonds. The van der Waals surface area contributed by atoms with Crippen molar-refractivity contribution in [3.63, 3.8) is 0 Å². The van der Waals surface area contributed by atoms with Crippen LogP contribution in [0.15, 0.2) is 23.3 Å². The van der Waals surface area contributed by atoms with E-state index in [1.807, 2.05) is 0 Å². The summed E-state index contributed by atoms with van der Waals surface area (Å²) in [6, 6.07) is 1.75. The minimum Gasteiger partial charge on any atom is -0.481 e. The summed E-state index contributed by atoms with van der Waals surface area (Å²) in [6.07, 6.45) is 3.09. The van der Waals surface area contributed by atoms with Crippen LogP contribution in [0, 0.1) is 0 Å². The molecular weight excluding hydrogens is 198 g/mol. The van der Waals surface area contributed by atoms with Crippen LogP contribution in [0.25, 0.3) is 11.3 Å². The van der Waals surface area contributed by atoms with Gasteiger partial charge in [-0.05, 0) is 6.07 Å². The maximum Gasteiger partial charge on any atom is 0.308 e. The van der Waals surface area contributed by atoms with Crippen LogP contribution in [-0.2, 0) is 11.2 Å². The van der Waals surface area contributed by atoms with Crippen molar-refractivity contribution in [2.45, 2.75) is 6.42 Å². The molecule has 2 rings (SSSR count). The van der Waals surface area contributed by atoms with Crippen LogP contribution < -0.4 is 5.56 Å². The fraction of sp³-hybridized carbons (Fsp3) is 0.111. The Labute approximate surface area is 83.9 Å². The number of rotatable bonds is 3. The van der Waals surface area contributed by atoms with E-state index >= 15 is 0 Å². The number of carboxylic acid groups (broad SMARTS) is 1. The van der Waals surface area contributed by atoms with Crippen molar-refractivity contribution in [3.8, 4) is 11.3 Å². The van der Waals surface area contributed by atoms with Gasteiger partial charge >= 0.3 is 5.97 Å². The smallest absolute Gasteiger partial charge is 0.308 e. The fourth-order valence-corrected chi connectivity index (χ4v) is 1.43. The first-order valence-corrected chi connectivity index (χ1v) is 4.33. The number of carboxylic acids is 1. The molecule has 0 fully saturated rings. The maximum atomic E-state index is 11.3. The van der Waals surface area contributed by atoms with Crippen LogP contribution in [0.4, 0.5) is 0 Å². The van der Waals surface area contributed by atoms with Gasteiger partial charge in [-0.25, -0.2) is 0 Å². The second-order valence-electron chi connectivity index (χ2n) is 3.10. The number of nitrogens with one attached hydrogen (secondary N) is 3. The molecule has 0 aliphatic carbocycles. The van der Waals surface area contributed by atoms with Gasteiger partial charge < -0.3 is 10.1 Å². The van der Waals surface area contributed by atoms with E-state index in [4.69, 9.17) is 5.11 Å². The highest BCUT2D eigenvalue weighted by Gasteiger charge is 2.14. The van der Waals surface area contributed by atoms with Gasteiger partial charge in [0.1, 0.15) is 0 Å². The lowest BCUT2D eigenvalue weighted by molar-refractivity contribution is -0.136. The number of hydrogen-bond donors (Lipinski definition) is 4. The summed E-state index contributed by atoms with van der Waals surface area (Å²) in [7, 11) is 0. The Morgan fingerprint density at radius 2 is 2.20 bits per heavy atom. The highest BCUT2D eigenvalue weighted by atomic mass is 16.4. The van der Waals surface area contributed by atoms with E-state index in [1.165, 1.54) is 0 Å². The molecule has 0 radical (unpaired) electrons. The number of hydrogen-bond acceptors (Lipinski definition) is 2. The molecular formula is C9H9N3O3. The van der Waals surface area contributed by atoms with E-state index in [2.05, 4.69) is 15.2 Å². The van der Waals surface area contributed by atoms with Crippen molar-refractivity contribution in [2.75, 3.05) is 0 Å². The first-order chi connectivity index (χ1) is 7.18. The zero-order chi connectivity index (χ0) is 10.8. The zero-order valence-electron chi connectivity index (χ0n) is 7.70. The molecule has 6 nitrogen and oxygen atoms in total. The molecule has 2 aromatic rings. The van der Waals surface area contributed by atoms with Gasteiger partial charge in [0.05, 0.1) is 17.7 Å². The molecule has 0 aliphatic rings. The van der Waals surface area contributed by atoms with Gasteiger partial charge in [0.25, 0.3) is 5.56 Å². The largest absolute Gasteiger partial charge is 0.481 e. The molecule has 0 saturated heterocycles. The topological polar surface area (TPSA) is 102 Å². The van der Waals surface area contributed by atoms with E-state index in [0.29, 0.717) is 5.69 Å². The molecule has 0 aromatic carbocycles. The Morgan fingerprint density at radius 1 is 1.40 bits per heavy atom. The Bertz CT molecular complexity index is 521. The maximum absolute atomic E-state index is 11.3. The first-order valence-electron chi connectivity index (χ1n) is 4.33. The lowest BCUT2D eigenvalue weighted by atomic mass is 10.1. The van der Waals surface area contributed by atoms with Crippen molar-refractivity contribution >= 4 is 5.97 Å². The Hall–Kier alpha value is -2.24. The van der Waals surface area contributed by atoms with Crippen molar-refractivity contribution in [2.24, 2.45) is 0 Å². The van der Waals surface area contributed by atoms with E-state index < -0.39 is 11.5 Å². The number of H-pyrrole nitrogens is 3. The molecule has 6 heteroatoms. The third-order valence-electron chi connectivity index (χ3n) is 2.09. The standard InChI is InChI=1S/C9H9N3O3/c13-7(14)3-6-8(11-12-9(6)15)5-1-2-10-4-5/h1-2,4,10H,3H2,(H,13,14)(H2,11,12,15). The van der Waals surface area contributed by atoms with Crippen LogP contribution >= 0.6 is 0 Å². The molecule has 15 heavy (non-hydrogen) atoms. The lowest BCUT2D eigenvalue weighted by Crippen LogP contribution is -2.11. The van der Waals surface area contributed by atoms with Crippen molar-refractivity contribution in [1.82, 2.24) is 15.2 Å². The minimum absolute atomic E-state index is 0.238. The van der Waals surface area contributed by atoms with E-state index in [1.54, 1.807) is 18.5 Å². The molecule has 2 aromatic heterocycles. The molecule has 78 valence electrons. The summed E-state index contributed by atoms with van der Waals surface area (Å²) in [5, 5.41) is 13.7. The normalized spacial score (nSPS) is 10.4. The van der Waals surface area contributed by atoms with Crippen LogP contribution in [0.3, 0.4) is 0 Å². The van der Waals surface area contributed by atoms with Crippen molar-refractivity contribution in [3.05, 3.63) is 34.4 Å². The highest BCUT2D eigenvalue weighted by Crippen LogP contribution is 2.17. The summed E-state index contributed by atoms with van der Waals surface area (Å²) in [6.45, 7) is 0. The second-order valence-corrected chi connectivity index (χ2v) is 3.10. The third kappa shape index (κ3) is 1.69. The van der Waals surface area contributed by atoms with Gasteiger partial charge in [-0.15, -0.1) is 0 Å². The lowest BCUT2D eigenvalue weighted by Gasteiger charge is -1.95. The second kappa shape index (κ2) is 3.49. The summed E-state index contributed by atoms with van der Waals surface area (Å²) >= 11 is 0. The molecule has 0 unspecified atom stereocenters. The van der Waals surface area contributed by atoms with Gasteiger partial charge in [0, 0.05) is 18.0 Å². The average molecular weight is 207 g/mol. The van der Waals surface area contributed by atoms with Gasteiger partial charge in [-0.2, -0.15) is 0 Å². The summed E-state index contributed by atoms with van der Waals surface area (Å²) in [5.41, 5.74) is 1.11. The van der Waals surface area contributed by atoms with Crippen LogP contribution in [0.5, 0.6) is 0 Å². The fourth-order valence-electron chi connectivity index (χ4n) is 1.43. The molecule has 0 atom stereocenters. The molecule has 4 N–H and O–H groups in total. The van der Waals surface area contributed by atoms with E-state index in [0.717, 1.165) is 5.56 Å². The molecule has 0 bridgehead atoms. The van der Waals surface area contributed by atoms with Crippen LogP contribution in [0.1, 0.15) is 5.56 Å². The molecule has 0 saturated carbocycles. The summed E-state index contributed by atoms with van der Waals surface area (Å²) in [4.78, 5) is 24.7. The van der Waals surface area contributed by atoms with Gasteiger partial charge in [0.15, 0.2) is 0 Å². The number of aliphatic carboxylic acids is 1. The Morgan fingerprint density at radius 3 is 2.80 bits per heavy atom. The van der Waals surface area contributed by atoms with Gasteiger partial charge in [-0.1, -0.05) is 0 Å². The quantitative estimate of drug-likeness (QED) is 0.583. The van der Waals surface area contributed by atoms with Crippen LogP contribution in [0.2, 0.25) is 0 Å². The molecule has 0 spiro atoms. The van der Waals surface area contributed by atoms with E-state index in [-0.39, 0.29) is 12.0 Å². The average Bonchev–Trinajstić information content (AvgIpc) is 2.76. The predicted octanol–water partition coefficient (Wildman–Crippen LogP) is 0.325. The Kier molecular flexibility index (Phi) is 2.17. The van der Waals surface area contributed by atoms with Gasteiger partial charge in [0.2, 0.25) is 0 Å². The van der Waals surface area contributed by atoms with Crippen molar-refractivity contribution in [1.29, 1.82) is 0 Å². The SMILES string of the molecule is O=C(O)Cc1c(-c2cc[nH]c2)[nH][nH]c1=O. The van der Waals surface area contributed by atoms with E-state index in [9.17, 15) is 9.59 Å². The first kappa shape index (κ1) is 9.32. The number of carbonyl (C=O) groups is 1. The highest BCUT2D eigenvalue weighted by molar-refractivity contribution is 5.74. The number of aromatic amines is 3. The molecule has 2 heterocycles. The zero-order valence-corrected chi connectivity index (χ0v) is 7.70. The Balaban J connectivity index is 2.49. The summed E-state index contributed by atoms with van der Waals surface area (Å²) < 4.78 is 0. The molecule has 0 aliphatic heterocycles. The summed E-state index contributed by atoms with van der Waals surface area (Å²) in [5.74, 6) is -1.03. The minimum atomic E-state index is -1.03. The predicted molar refractivity (Wildman–Crippen MR) is 52.5 cm³/mol. The third-order valence-corrected chi connectivity index (χ3v) is 2.09. The van der Waals surface area contributed by atoms with Crippen LogP contribution in [-0.4, -0.2) is 26.3 Å².